The van der Waals surface area contributed by atoms with Crippen molar-refractivity contribution >= 4 is 0 Å². The van der Waals surface area contributed by atoms with E-state index in [4.69, 9.17) is 0 Å². The third kappa shape index (κ3) is 1.62. The fourth-order valence-electron chi connectivity index (χ4n) is 0.763. The van der Waals surface area contributed by atoms with E-state index < -0.39 is 0 Å². The van der Waals surface area contributed by atoms with Gasteiger partial charge in [-0.15, -0.1) is 6.58 Å². The molecule has 0 fully saturated rings. The SMILES string of the molecule is C=CCCc1c[nH]c(=O)[nH]1. The summed E-state index contributed by atoms with van der Waals surface area (Å²) in [5.41, 5.74) is 0.795. The molecule has 0 spiro atoms. The van der Waals surface area contributed by atoms with E-state index in [9.17, 15) is 4.79 Å². The van der Waals surface area contributed by atoms with Gasteiger partial charge < -0.3 is 9.97 Å². The summed E-state index contributed by atoms with van der Waals surface area (Å²) in [6, 6.07) is 0. The molecular formula is C7H10N2O. The monoisotopic (exact) mass is 138 g/mol. The van der Waals surface area contributed by atoms with Crippen molar-refractivity contribution in [3.63, 3.8) is 0 Å². The van der Waals surface area contributed by atoms with Crippen molar-refractivity contribution < 1.29 is 0 Å². The van der Waals surface area contributed by atoms with Crippen LogP contribution in [0.2, 0.25) is 0 Å². The molecule has 3 nitrogen and oxygen atoms in total. The molecule has 0 aliphatic heterocycles. The predicted molar refractivity (Wildman–Crippen MR) is 39.9 cm³/mol. The minimum Gasteiger partial charge on any atom is -0.313 e. The van der Waals surface area contributed by atoms with E-state index in [-0.39, 0.29) is 5.69 Å². The minimum absolute atomic E-state index is 0.140. The summed E-state index contributed by atoms with van der Waals surface area (Å²) in [5.74, 6) is 0. The quantitative estimate of drug-likeness (QED) is 0.597. The van der Waals surface area contributed by atoms with Crippen LogP contribution in [0.15, 0.2) is 23.6 Å². The number of hydrogen-bond acceptors (Lipinski definition) is 1. The van der Waals surface area contributed by atoms with Gasteiger partial charge in [0.05, 0.1) is 0 Å². The molecule has 0 amide bonds. The van der Waals surface area contributed by atoms with E-state index in [1.54, 1.807) is 6.20 Å². The van der Waals surface area contributed by atoms with Gasteiger partial charge in [-0.2, -0.15) is 0 Å². The van der Waals surface area contributed by atoms with Gasteiger partial charge in [0, 0.05) is 11.9 Å². The smallest absolute Gasteiger partial charge is 0.313 e. The molecule has 0 saturated carbocycles. The third-order valence-corrected chi connectivity index (χ3v) is 1.27. The molecule has 0 unspecified atom stereocenters. The normalized spacial score (nSPS) is 9.60. The van der Waals surface area contributed by atoms with E-state index in [2.05, 4.69) is 16.5 Å². The van der Waals surface area contributed by atoms with Crippen molar-refractivity contribution in [2.24, 2.45) is 0 Å². The molecule has 54 valence electrons. The average molecular weight is 138 g/mol. The minimum atomic E-state index is -0.140. The van der Waals surface area contributed by atoms with Gasteiger partial charge in [0.15, 0.2) is 0 Å². The number of hydrogen-bond donors (Lipinski definition) is 2. The van der Waals surface area contributed by atoms with Crippen LogP contribution in [0.25, 0.3) is 0 Å². The van der Waals surface area contributed by atoms with Gasteiger partial charge in [-0.1, -0.05) is 6.08 Å². The van der Waals surface area contributed by atoms with Crippen LogP contribution in [0.1, 0.15) is 12.1 Å². The maximum absolute atomic E-state index is 10.5. The Hall–Kier alpha value is -1.25. The molecule has 0 bridgehead atoms. The molecule has 1 aromatic heterocycles. The maximum atomic E-state index is 10.5. The number of rotatable bonds is 3. The first-order valence-electron chi connectivity index (χ1n) is 3.20. The Balaban J connectivity index is 2.58. The maximum Gasteiger partial charge on any atom is 0.323 e. The van der Waals surface area contributed by atoms with Crippen LogP contribution >= 0.6 is 0 Å². The van der Waals surface area contributed by atoms with Crippen LogP contribution in [-0.2, 0) is 6.42 Å². The van der Waals surface area contributed by atoms with Gasteiger partial charge in [-0.05, 0) is 12.8 Å². The Morgan fingerprint density at radius 1 is 1.70 bits per heavy atom. The molecule has 2 N–H and O–H groups in total. The van der Waals surface area contributed by atoms with Gasteiger partial charge in [-0.3, -0.25) is 0 Å². The number of nitrogens with one attached hydrogen (secondary N) is 2. The molecule has 0 aliphatic rings. The average Bonchev–Trinajstić information content (AvgIpc) is 2.31. The van der Waals surface area contributed by atoms with E-state index in [0.717, 1.165) is 18.5 Å². The van der Waals surface area contributed by atoms with Crippen LogP contribution in [0.3, 0.4) is 0 Å². The van der Waals surface area contributed by atoms with Gasteiger partial charge in [0.1, 0.15) is 0 Å². The highest BCUT2D eigenvalue weighted by Crippen LogP contribution is 1.93. The van der Waals surface area contributed by atoms with Crippen molar-refractivity contribution in [2.75, 3.05) is 0 Å². The third-order valence-electron chi connectivity index (χ3n) is 1.27. The number of H-pyrrole nitrogens is 2. The van der Waals surface area contributed by atoms with Gasteiger partial charge in [0.2, 0.25) is 0 Å². The molecule has 0 aliphatic carbocycles. The summed E-state index contributed by atoms with van der Waals surface area (Å²) >= 11 is 0. The van der Waals surface area contributed by atoms with Crippen molar-refractivity contribution in [3.8, 4) is 0 Å². The molecule has 10 heavy (non-hydrogen) atoms. The van der Waals surface area contributed by atoms with Crippen molar-refractivity contribution in [1.82, 2.24) is 9.97 Å². The van der Waals surface area contributed by atoms with Gasteiger partial charge >= 0.3 is 5.69 Å². The van der Waals surface area contributed by atoms with Crippen molar-refractivity contribution in [3.05, 3.63) is 35.0 Å². The first-order chi connectivity index (χ1) is 4.83. The lowest BCUT2D eigenvalue weighted by Crippen LogP contribution is -2.00. The number of aromatic amines is 2. The van der Waals surface area contributed by atoms with E-state index in [1.165, 1.54) is 0 Å². The van der Waals surface area contributed by atoms with Crippen molar-refractivity contribution in [1.29, 1.82) is 0 Å². The second-order valence-corrected chi connectivity index (χ2v) is 2.10. The first kappa shape index (κ1) is 6.86. The molecule has 3 heteroatoms. The van der Waals surface area contributed by atoms with E-state index >= 15 is 0 Å². The molecule has 0 aromatic carbocycles. The fraction of sp³-hybridized carbons (Fsp3) is 0.286. The molecule has 1 aromatic rings. The summed E-state index contributed by atoms with van der Waals surface area (Å²) in [4.78, 5) is 15.7. The second kappa shape index (κ2) is 3.06. The lowest BCUT2D eigenvalue weighted by Gasteiger charge is -1.87. The van der Waals surface area contributed by atoms with Gasteiger partial charge in [0.25, 0.3) is 0 Å². The molecular weight excluding hydrogens is 128 g/mol. The summed E-state index contributed by atoms with van der Waals surface area (Å²) < 4.78 is 0. The van der Waals surface area contributed by atoms with Crippen LogP contribution < -0.4 is 5.69 Å². The number of aromatic nitrogens is 2. The highest BCUT2D eigenvalue weighted by molar-refractivity contribution is 4.95. The van der Waals surface area contributed by atoms with Crippen LogP contribution in [0, 0.1) is 0 Å². The largest absolute Gasteiger partial charge is 0.323 e. The Bertz CT molecular complexity index is 259. The Kier molecular flexibility index (Phi) is 2.10. The first-order valence-corrected chi connectivity index (χ1v) is 3.20. The number of allylic oxidation sites excluding steroid dienone is 1. The highest BCUT2D eigenvalue weighted by atomic mass is 16.1. The fourth-order valence-corrected chi connectivity index (χ4v) is 0.763. The Morgan fingerprint density at radius 2 is 2.50 bits per heavy atom. The predicted octanol–water partition coefficient (Wildman–Crippen LogP) is 0.822. The standard InChI is InChI=1S/C7H10N2O/c1-2-3-4-6-5-8-7(10)9-6/h2,5H,1,3-4H2,(H2,8,9,10). The zero-order chi connectivity index (χ0) is 7.40. The molecule has 0 radical (unpaired) electrons. The Morgan fingerprint density at radius 3 is 3.00 bits per heavy atom. The molecule has 1 rings (SSSR count). The summed E-state index contributed by atoms with van der Waals surface area (Å²) in [5, 5.41) is 0. The summed E-state index contributed by atoms with van der Waals surface area (Å²) in [7, 11) is 0. The van der Waals surface area contributed by atoms with Crippen LogP contribution in [0.5, 0.6) is 0 Å². The van der Waals surface area contributed by atoms with E-state index in [0.29, 0.717) is 0 Å². The molecule has 0 atom stereocenters. The summed E-state index contributed by atoms with van der Waals surface area (Å²) in [6.45, 7) is 3.58. The van der Waals surface area contributed by atoms with Crippen LogP contribution in [-0.4, -0.2) is 9.97 Å². The number of aryl methyl sites for hydroxylation is 1. The summed E-state index contributed by atoms with van der Waals surface area (Å²) in [6.07, 6.45) is 5.26. The molecule has 0 saturated heterocycles. The van der Waals surface area contributed by atoms with Gasteiger partial charge in [-0.25, -0.2) is 4.79 Å². The Labute approximate surface area is 58.8 Å². The zero-order valence-electron chi connectivity index (χ0n) is 5.68. The zero-order valence-corrected chi connectivity index (χ0v) is 5.68. The number of imidazole rings is 1. The second-order valence-electron chi connectivity index (χ2n) is 2.10. The lowest BCUT2D eigenvalue weighted by atomic mass is 10.2. The topological polar surface area (TPSA) is 48.6 Å². The van der Waals surface area contributed by atoms with E-state index in [1.807, 2.05) is 6.08 Å². The highest BCUT2D eigenvalue weighted by Gasteiger charge is 1.91. The lowest BCUT2D eigenvalue weighted by molar-refractivity contribution is 0.954. The van der Waals surface area contributed by atoms with Crippen LogP contribution in [0.4, 0.5) is 0 Å². The van der Waals surface area contributed by atoms with Crippen molar-refractivity contribution in [2.45, 2.75) is 12.8 Å². The molecule has 1 heterocycles.